The quantitative estimate of drug-likeness (QED) is 0.0862. The molecule has 1 aromatic heterocycles. The molecule has 1 aromatic carbocycles. The number of benzene rings is 1. The number of nitrogens with two attached hydrogens (primary N) is 1. The van der Waals surface area contributed by atoms with Crippen molar-refractivity contribution in [2.45, 2.75) is 104 Å². The summed E-state index contributed by atoms with van der Waals surface area (Å²) < 4.78 is 26.4. The van der Waals surface area contributed by atoms with Crippen molar-refractivity contribution in [3.05, 3.63) is 92.2 Å². The molecule has 3 atom stereocenters. The number of hydrogen-bond donors (Lipinski definition) is 6. The molecule has 4 heterocycles. The lowest BCUT2D eigenvalue weighted by atomic mass is 10.2. The normalized spacial score (nSPS) is 17.4. The number of ether oxygens (including phenoxy) is 5. The number of imide groups is 2. The summed E-state index contributed by atoms with van der Waals surface area (Å²) in [6, 6.07) is 6.18. The van der Waals surface area contributed by atoms with Gasteiger partial charge in [-0.25, -0.2) is 24.0 Å². The van der Waals surface area contributed by atoms with E-state index >= 15 is 0 Å². The summed E-state index contributed by atoms with van der Waals surface area (Å²) in [6.45, 7) is 19.2. The Kier molecular flexibility index (Phi) is 24.1. The molecule has 382 valence electrons. The molecule has 7 amide bonds. The van der Waals surface area contributed by atoms with Crippen LogP contribution in [0.5, 0.6) is 5.75 Å². The zero-order chi connectivity index (χ0) is 51.7. The van der Waals surface area contributed by atoms with Crippen molar-refractivity contribution in [2.24, 2.45) is 5.73 Å². The highest BCUT2D eigenvalue weighted by Crippen LogP contribution is 2.26. The number of aromatic nitrogens is 2. The number of nitrogens with zero attached hydrogens (tertiary/aromatic N) is 4. The van der Waals surface area contributed by atoms with Gasteiger partial charge in [0.25, 0.3) is 17.4 Å². The summed E-state index contributed by atoms with van der Waals surface area (Å²) >= 11 is 0. The van der Waals surface area contributed by atoms with Crippen molar-refractivity contribution < 1.29 is 57.4 Å². The van der Waals surface area contributed by atoms with Crippen LogP contribution in [0, 0.1) is 10.1 Å². The average molecular weight is 975 g/mol. The van der Waals surface area contributed by atoms with Crippen LogP contribution in [-0.4, -0.2) is 136 Å². The molecule has 69 heavy (non-hydrogen) atoms. The van der Waals surface area contributed by atoms with E-state index in [1.165, 1.54) is 41.5 Å². The van der Waals surface area contributed by atoms with Gasteiger partial charge in [-0.3, -0.25) is 44.7 Å². The molecule has 3 saturated heterocycles. The predicted octanol–water partition coefficient (Wildman–Crippen LogP) is 3.16. The van der Waals surface area contributed by atoms with E-state index < -0.39 is 46.2 Å². The van der Waals surface area contributed by atoms with Gasteiger partial charge in [0.05, 0.1) is 36.7 Å². The first kappa shape index (κ1) is 57.8. The maximum Gasteiger partial charge on any atom is 0.419 e. The number of H-pyrrole nitrogens is 1. The van der Waals surface area contributed by atoms with Crippen LogP contribution in [0.25, 0.3) is 0 Å². The fraction of sp³-hybridized carbons (Fsp3) is 0.545. The van der Waals surface area contributed by atoms with E-state index in [0.717, 1.165) is 50.9 Å². The Labute approximate surface area is 399 Å². The number of likely N-dealkylation sites (tertiary alicyclic amines) is 2. The van der Waals surface area contributed by atoms with Crippen LogP contribution in [0.3, 0.4) is 0 Å². The molecule has 0 radical (unpaired) electrons. The van der Waals surface area contributed by atoms with Gasteiger partial charge in [0.15, 0.2) is 0 Å². The van der Waals surface area contributed by atoms with Gasteiger partial charge in [-0.05, 0) is 87.3 Å². The maximum absolute atomic E-state index is 11.9. The molecule has 25 nitrogen and oxygen atoms in total. The Morgan fingerprint density at radius 1 is 0.826 bits per heavy atom. The van der Waals surface area contributed by atoms with E-state index in [9.17, 15) is 48.5 Å². The maximum atomic E-state index is 11.9. The predicted molar refractivity (Wildman–Crippen MR) is 250 cm³/mol. The number of nitro benzene ring substituents is 1. The lowest BCUT2D eigenvalue weighted by molar-refractivity contribution is -0.385. The first-order valence-corrected chi connectivity index (χ1v) is 22.1. The molecule has 0 saturated carbocycles. The van der Waals surface area contributed by atoms with Gasteiger partial charge < -0.3 is 49.9 Å². The van der Waals surface area contributed by atoms with Crippen molar-refractivity contribution in [2.75, 3.05) is 52.5 Å². The summed E-state index contributed by atoms with van der Waals surface area (Å²) in [7, 11) is 0. The van der Waals surface area contributed by atoms with Gasteiger partial charge >= 0.3 is 35.7 Å². The van der Waals surface area contributed by atoms with E-state index in [1.807, 2.05) is 26.1 Å². The highest BCUT2D eigenvalue weighted by atomic mass is 16.6. The topological polar surface area (TPSA) is 327 Å². The molecule has 3 fully saturated rings. The van der Waals surface area contributed by atoms with Crippen LogP contribution in [0.4, 0.5) is 24.9 Å². The summed E-state index contributed by atoms with van der Waals surface area (Å²) in [5, 5.41) is 20.5. The Morgan fingerprint density at radius 3 is 1.90 bits per heavy atom. The zero-order valence-corrected chi connectivity index (χ0v) is 40.3. The van der Waals surface area contributed by atoms with E-state index in [0.29, 0.717) is 39.3 Å². The molecule has 25 heteroatoms. The van der Waals surface area contributed by atoms with Gasteiger partial charge in [0.1, 0.15) is 11.2 Å². The lowest BCUT2D eigenvalue weighted by Gasteiger charge is -2.24. The number of rotatable bonds is 10. The highest BCUT2D eigenvalue weighted by Gasteiger charge is 2.31. The van der Waals surface area contributed by atoms with E-state index in [-0.39, 0.29) is 46.9 Å². The standard InChI is InChI=1S/C15H25N3O5.C12H12N2O6.C9H18N2O2.C8H11N3O2/c1-5-22-9-7-12(19)17-13(20)16-11-6-8-18(10-11)14(21)23-15(2,3)4;1-2-19-8-7-11(15)13-12(16)20-10-6-4-3-5-9(10)14(17)18;1-9(2,3)13-8(12)11-5-4-7(10)6-11;12-7-2-4-11(8(13)10-7)6-1-3-9-5-6/h7,9,11H,5-6,8,10H2,1-4H3,(H2,16,17,19,20);3-8H,2H2,1H3,(H,13,15,16);7H,4-6,10H2,1-3H3;2,4,6,9H,1,3,5H2,(H,10,12,13)/b9-7+;8-7+;;/t11-;;7-;6-/m0.00/s1. The van der Waals surface area contributed by atoms with Gasteiger partial charge in [-0.1, -0.05) is 12.1 Å². The Hall–Kier alpha value is -7.28. The number of amides is 7. The molecule has 7 N–H and O–H groups in total. The molecule has 0 bridgehead atoms. The SMILES string of the molecule is CC(C)(C)OC(=O)N1CC[C@H](N)C1.CCO/C=C/C(=O)NC(=O)N[C@H]1CCN(C(=O)OC(C)(C)C)C1.CCO/C=C/C(=O)NC(=O)Oc1ccccc1[N+](=O)[O-].O=c1ccn([C@H]2CCNC2)c(=O)[nH]1. The molecule has 0 unspecified atom stereocenters. The van der Waals surface area contributed by atoms with E-state index in [2.05, 4.69) is 20.9 Å². The van der Waals surface area contributed by atoms with Crippen molar-refractivity contribution in [1.82, 2.24) is 40.6 Å². The third-order valence-electron chi connectivity index (χ3n) is 9.02. The number of carbonyl (C=O) groups excluding carboxylic acids is 6. The van der Waals surface area contributed by atoms with Crippen LogP contribution in [0.1, 0.15) is 80.7 Å². The first-order chi connectivity index (χ1) is 32.4. The number of nitro groups is 1. The zero-order valence-electron chi connectivity index (χ0n) is 40.3. The Morgan fingerprint density at radius 2 is 1.39 bits per heavy atom. The Bertz CT molecular complexity index is 2210. The van der Waals surface area contributed by atoms with Crippen LogP contribution in [0.2, 0.25) is 0 Å². The van der Waals surface area contributed by atoms with Crippen LogP contribution >= 0.6 is 0 Å². The van der Waals surface area contributed by atoms with Crippen molar-refractivity contribution in [3.8, 4) is 5.75 Å². The molecule has 5 rings (SSSR count). The summed E-state index contributed by atoms with van der Waals surface area (Å²) in [6.07, 6.45) is 6.66. The molecule has 3 aliphatic heterocycles. The Balaban J connectivity index is 0.000000324. The van der Waals surface area contributed by atoms with E-state index in [1.54, 1.807) is 50.3 Å². The summed E-state index contributed by atoms with van der Waals surface area (Å²) in [5.41, 5.74) is 3.67. The molecule has 0 aliphatic carbocycles. The molecular weight excluding hydrogens is 909 g/mol. The lowest BCUT2D eigenvalue weighted by Crippen LogP contribution is -2.45. The number of aromatic amines is 1. The van der Waals surface area contributed by atoms with Crippen molar-refractivity contribution in [3.63, 3.8) is 0 Å². The molecule has 2 aromatic rings. The average Bonchev–Trinajstić information content (AvgIpc) is 4.04. The number of nitrogens with one attached hydrogen (secondary N) is 5. The third kappa shape index (κ3) is 23.8. The number of carbonyl (C=O) groups is 6. The summed E-state index contributed by atoms with van der Waals surface area (Å²) in [5.74, 6) is -1.59. The van der Waals surface area contributed by atoms with Crippen LogP contribution < -0.4 is 43.0 Å². The molecule has 0 spiro atoms. The van der Waals surface area contributed by atoms with Gasteiger partial charge in [-0.2, -0.15) is 0 Å². The minimum absolute atomic E-state index is 0.118. The minimum atomic E-state index is -1.12. The van der Waals surface area contributed by atoms with Gasteiger partial charge in [0.2, 0.25) is 5.75 Å². The van der Waals surface area contributed by atoms with Crippen molar-refractivity contribution in [1.29, 1.82) is 0 Å². The number of para-hydroxylation sites is 2. The molecule has 3 aliphatic rings. The summed E-state index contributed by atoms with van der Waals surface area (Å²) in [4.78, 5) is 107. The number of urea groups is 1. The van der Waals surface area contributed by atoms with Gasteiger partial charge in [0, 0.05) is 75.3 Å². The minimum Gasteiger partial charge on any atom is -0.501 e. The first-order valence-electron chi connectivity index (χ1n) is 22.1. The fourth-order valence-electron chi connectivity index (χ4n) is 5.99. The smallest absolute Gasteiger partial charge is 0.419 e. The second-order valence-corrected chi connectivity index (χ2v) is 17.1. The van der Waals surface area contributed by atoms with Crippen LogP contribution in [-0.2, 0) is 28.5 Å². The highest BCUT2D eigenvalue weighted by molar-refractivity contribution is 6.00. The van der Waals surface area contributed by atoms with Crippen molar-refractivity contribution >= 4 is 41.8 Å². The second kappa shape index (κ2) is 28.8. The van der Waals surface area contributed by atoms with Crippen LogP contribution in [0.15, 0.2) is 70.8 Å². The molecular formula is C44H66N10O15. The van der Waals surface area contributed by atoms with E-state index in [4.69, 9.17) is 29.4 Å². The second-order valence-electron chi connectivity index (χ2n) is 17.1. The third-order valence-corrected chi connectivity index (χ3v) is 9.02. The van der Waals surface area contributed by atoms with Gasteiger partial charge in [-0.15, -0.1) is 0 Å². The number of hydrogen-bond acceptors (Lipinski definition) is 17. The largest absolute Gasteiger partial charge is 0.501 e. The fourth-order valence-corrected chi connectivity index (χ4v) is 5.99. The monoisotopic (exact) mass is 974 g/mol.